The van der Waals surface area contributed by atoms with Crippen molar-refractivity contribution in [3.8, 4) is 56.4 Å². The summed E-state index contributed by atoms with van der Waals surface area (Å²) in [5.74, 6) is 1.74. The molecule has 0 radical (unpaired) electrons. The van der Waals surface area contributed by atoms with Gasteiger partial charge in [0.25, 0.3) is 0 Å². The number of para-hydroxylation sites is 2. The Morgan fingerprint density at radius 2 is 0.818 bits per heavy atom. The molecule has 0 aliphatic heterocycles. The molecule has 11 aromatic rings. The van der Waals surface area contributed by atoms with E-state index in [2.05, 4.69) is 170 Å². The molecule has 9 aromatic carbocycles. The van der Waals surface area contributed by atoms with Gasteiger partial charge < -0.3 is 4.42 Å². The number of nitrogens with zero attached hydrogens (tertiary/aromatic N) is 3. The Bertz CT molecular complexity index is 3290. The maximum atomic E-state index is 6.57. The number of aromatic nitrogens is 3. The van der Waals surface area contributed by atoms with E-state index in [1.807, 2.05) is 18.2 Å². The van der Waals surface area contributed by atoms with Gasteiger partial charge in [-0.2, -0.15) is 0 Å². The van der Waals surface area contributed by atoms with E-state index in [-0.39, 0.29) is 0 Å². The van der Waals surface area contributed by atoms with Crippen molar-refractivity contribution < 1.29 is 4.42 Å². The minimum absolute atomic E-state index is 0.551. The molecule has 2 heterocycles. The molecule has 0 unspecified atom stereocenters. The minimum atomic E-state index is 0.551. The molecule has 0 bridgehead atoms. The van der Waals surface area contributed by atoms with Crippen LogP contribution in [0.1, 0.15) is 0 Å². The Balaban J connectivity index is 1.21. The fourth-order valence-corrected chi connectivity index (χ4v) is 8.05. The molecule has 4 nitrogen and oxygen atoms in total. The lowest BCUT2D eigenvalue weighted by atomic mass is 9.92. The number of hydrogen-bond acceptors (Lipinski definition) is 4. The summed E-state index contributed by atoms with van der Waals surface area (Å²) >= 11 is 0. The van der Waals surface area contributed by atoms with Gasteiger partial charge in [-0.15, -0.1) is 0 Å². The van der Waals surface area contributed by atoms with Gasteiger partial charge in [0.05, 0.1) is 5.56 Å². The van der Waals surface area contributed by atoms with E-state index in [4.69, 9.17) is 19.4 Å². The molecule has 11 rings (SSSR count). The van der Waals surface area contributed by atoms with E-state index >= 15 is 0 Å². The molecule has 0 aliphatic rings. The monoisotopic (exact) mass is 701 g/mol. The largest absolute Gasteiger partial charge is 0.455 e. The summed E-state index contributed by atoms with van der Waals surface area (Å²) < 4.78 is 6.57. The Morgan fingerprint density at radius 3 is 1.56 bits per heavy atom. The van der Waals surface area contributed by atoms with Crippen LogP contribution in [0.4, 0.5) is 0 Å². The van der Waals surface area contributed by atoms with E-state index in [0.717, 1.165) is 71.7 Å². The SMILES string of the molecule is c1ccc(-c2nc(-c3c(-c4ccc5ccccc5c4)ccc4ccccc34)nc(-c3cccc4c3oc3ccccc34)n2)c(-c2ccc3ccccc3c2)c1. The third-order valence-corrected chi connectivity index (χ3v) is 10.7. The van der Waals surface area contributed by atoms with Gasteiger partial charge in [-0.1, -0.05) is 164 Å². The predicted molar refractivity (Wildman–Crippen MR) is 227 cm³/mol. The highest BCUT2D eigenvalue weighted by molar-refractivity contribution is 6.09. The first-order valence-electron chi connectivity index (χ1n) is 18.5. The second kappa shape index (κ2) is 12.6. The van der Waals surface area contributed by atoms with Gasteiger partial charge in [-0.25, -0.2) is 15.0 Å². The Hall–Kier alpha value is -7.43. The van der Waals surface area contributed by atoms with Crippen LogP contribution in [0.5, 0.6) is 0 Å². The van der Waals surface area contributed by atoms with Crippen LogP contribution in [0.3, 0.4) is 0 Å². The molecule has 0 spiro atoms. The highest BCUT2D eigenvalue weighted by Gasteiger charge is 2.22. The first-order chi connectivity index (χ1) is 27.2. The van der Waals surface area contributed by atoms with Crippen molar-refractivity contribution in [2.45, 2.75) is 0 Å². The summed E-state index contributed by atoms with van der Waals surface area (Å²) in [5.41, 5.74) is 8.57. The summed E-state index contributed by atoms with van der Waals surface area (Å²) in [6.45, 7) is 0. The van der Waals surface area contributed by atoms with Crippen molar-refractivity contribution in [3.63, 3.8) is 0 Å². The highest BCUT2D eigenvalue weighted by atomic mass is 16.3. The molecule has 0 aliphatic carbocycles. The van der Waals surface area contributed by atoms with E-state index < -0.39 is 0 Å². The quantitative estimate of drug-likeness (QED) is 0.179. The summed E-state index contributed by atoms with van der Waals surface area (Å²) in [7, 11) is 0. The Morgan fingerprint density at radius 1 is 0.309 bits per heavy atom. The van der Waals surface area contributed by atoms with E-state index in [1.54, 1.807) is 0 Å². The molecule has 0 saturated heterocycles. The van der Waals surface area contributed by atoms with Gasteiger partial charge in [-0.05, 0) is 78.8 Å². The lowest BCUT2D eigenvalue weighted by molar-refractivity contribution is 0.669. The number of furan rings is 1. The van der Waals surface area contributed by atoms with Gasteiger partial charge in [-0.3, -0.25) is 0 Å². The van der Waals surface area contributed by atoms with E-state index in [0.29, 0.717) is 17.5 Å². The predicted octanol–water partition coefficient (Wildman–Crippen LogP) is 13.6. The van der Waals surface area contributed by atoms with Crippen LogP contribution in [0, 0.1) is 0 Å². The fourth-order valence-electron chi connectivity index (χ4n) is 8.05. The van der Waals surface area contributed by atoms with Crippen LogP contribution in [-0.2, 0) is 0 Å². The molecule has 4 heteroatoms. The van der Waals surface area contributed by atoms with E-state index in [1.165, 1.54) is 21.5 Å². The van der Waals surface area contributed by atoms with Crippen LogP contribution >= 0.6 is 0 Å². The zero-order valence-corrected chi connectivity index (χ0v) is 29.6. The molecule has 55 heavy (non-hydrogen) atoms. The van der Waals surface area contributed by atoms with Crippen molar-refractivity contribution in [3.05, 3.63) is 188 Å². The summed E-state index contributed by atoms with van der Waals surface area (Å²) in [6.07, 6.45) is 0. The summed E-state index contributed by atoms with van der Waals surface area (Å²) in [5, 5.41) is 9.02. The Labute approximate surface area is 317 Å². The molecule has 256 valence electrons. The van der Waals surface area contributed by atoms with Crippen molar-refractivity contribution in [1.29, 1.82) is 0 Å². The average molecular weight is 702 g/mol. The van der Waals surface area contributed by atoms with Gasteiger partial charge in [0.15, 0.2) is 17.5 Å². The zero-order valence-electron chi connectivity index (χ0n) is 29.6. The normalized spacial score (nSPS) is 11.6. The van der Waals surface area contributed by atoms with Crippen molar-refractivity contribution in [2.75, 3.05) is 0 Å². The number of rotatable bonds is 5. The molecule has 2 aromatic heterocycles. The van der Waals surface area contributed by atoms with Gasteiger partial charge in [0.1, 0.15) is 11.2 Å². The summed E-state index contributed by atoms with van der Waals surface area (Å²) in [4.78, 5) is 16.1. The number of benzene rings is 9. The molecule has 0 amide bonds. The topological polar surface area (TPSA) is 51.8 Å². The Kier molecular flexibility index (Phi) is 7.14. The minimum Gasteiger partial charge on any atom is -0.455 e. The molecular weight excluding hydrogens is 671 g/mol. The fraction of sp³-hybridized carbons (Fsp3) is 0. The van der Waals surface area contributed by atoms with Gasteiger partial charge >= 0.3 is 0 Å². The van der Waals surface area contributed by atoms with Crippen molar-refractivity contribution in [2.24, 2.45) is 0 Å². The van der Waals surface area contributed by atoms with Gasteiger partial charge in [0, 0.05) is 21.9 Å². The first kappa shape index (κ1) is 31.1. The van der Waals surface area contributed by atoms with Crippen LogP contribution in [-0.4, -0.2) is 15.0 Å². The lowest BCUT2D eigenvalue weighted by Crippen LogP contribution is -2.02. The zero-order chi connectivity index (χ0) is 36.3. The smallest absolute Gasteiger partial charge is 0.167 e. The first-order valence-corrected chi connectivity index (χ1v) is 18.5. The average Bonchev–Trinajstić information content (AvgIpc) is 3.64. The third kappa shape index (κ3) is 5.26. The molecule has 0 atom stereocenters. The van der Waals surface area contributed by atoms with Crippen molar-refractivity contribution >= 4 is 54.3 Å². The molecule has 0 saturated carbocycles. The molecule has 0 fully saturated rings. The summed E-state index contributed by atoms with van der Waals surface area (Å²) in [6, 6.07) is 65.8. The number of hydrogen-bond donors (Lipinski definition) is 0. The highest BCUT2D eigenvalue weighted by Crippen LogP contribution is 2.41. The van der Waals surface area contributed by atoms with E-state index in [9.17, 15) is 0 Å². The molecular formula is C51H31N3O. The van der Waals surface area contributed by atoms with Crippen LogP contribution in [0.15, 0.2) is 192 Å². The third-order valence-electron chi connectivity index (χ3n) is 10.7. The van der Waals surface area contributed by atoms with Crippen LogP contribution in [0.2, 0.25) is 0 Å². The van der Waals surface area contributed by atoms with Crippen molar-refractivity contribution in [1.82, 2.24) is 15.0 Å². The lowest BCUT2D eigenvalue weighted by Gasteiger charge is -2.16. The van der Waals surface area contributed by atoms with Crippen LogP contribution in [0.25, 0.3) is 111 Å². The standard InChI is InChI=1S/C51H31N3O/c1-3-15-35-30-37(26-24-32(35)12-1)39-17-7-8-20-44(39)49-52-50(45-22-11-21-43-42-19-9-10-23-46(42)55-48(43)45)54-51(53-49)47-40-18-6-5-14-34(40)28-29-41(47)38-27-25-33-13-2-4-16-36(33)31-38/h1-31H. The second-order valence-electron chi connectivity index (χ2n) is 14.0. The number of fused-ring (bicyclic) bond motifs is 6. The maximum Gasteiger partial charge on any atom is 0.167 e. The second-order valence-corrected chi connectivity index (χ2v) is 14.0. The molecule has 0 N–H and O–H groups in total. The van der Waals surface area contributed by atoms with Crippen LogP contribution < -0.4 is 0 Å². The van der Waals surface area contributed by atoms with Gasteiger partial charge in [0.2, 0.25) is 0 Å². The maximum absolute atomic E-state index is 6.57.